The van der Waals surface area contributed by atoms with Gasteiger partial charge in [-0.2, -0.15) is 0 Å². The fourth-order valence-corrected chi connectivity index (χ4v) is 4.91. The molecule has 34 heavy (non-hydrogen) atoms. The standard InChI is InChI=1S/C28H35N3O3/c1-3-20-10-12-23(13-11-20)26-25(27(32)34-4-2)24(29-28(33)30-26)19-31-16-14-22(15-17-31)18-21-8-6-5-7-9-21/h5-13,22,26H,3-4,14-19H2,1-2H3,(H2,29,30,33)/t26-/m1/s1. The molecular formula is C28H35N3O3. The van der Waals surface area contributed by atoms with Crippen LogP contribution in [0.5, 0.6) is 0 Å². The number of piperidine rings is 1. The lowest BCUT2D eigenvalue weighted by Crippen LogP contribution is -2.49. The Balaban J connectivity index is 1.51. The van der Waals surface area contributed by atoms with Crippen LogP contribution in [0.1, 0.15) is 49.4 Å². The maximum Gasteiger partial charge on any atom is 0.338 e. The third kappa shape index (κ3) is 5.86. The quantitative estimate of drug-likeness (QED) is 0.573. The van der Waals surface area contributed by atoms with Gasteiger partial charge >= 0.3 is 12.0 Å². The summed E-state index contributed by atoms with van der Waals surface area (Å²) in [4.78, 5) is 27.9. The van der Waals surface area contributed by atoms with E-state index < -0.39 is 6.04 Å². The minimum absolute atomic E-state index is 0.286. The molecule has 2 heterocycles. The van der Waals surface area contributed by atoms with Crippen LogP contribution in [0.4, 0.5) is 4.79 Å². The number of nitrogens with zero attached hydrogens (tertiary/aromatic N) is 1. The molecule has 0 unspecified atom stereocenters. The summed E-state index contributed by atoms with van der Waals surface area (Å²) in [5, 5.41) is 5.85. The van der Waals surface area contributed by atoms with Gasteiger partial charge in [0.05, 0.1) is 18.2 Å². The Labute approximate surface area is 202 Å². The van der Waals surface area contributed by atoms with Crippen molar-refractivity contribution in [2.24, 2.45) is 5.92 Å². The molecule has 180 valence electrons. The molecule has 2 aromatic carbocycles. The Morgan fingerprint density at radius 2 is 1.71 bits per heavy atom. The third-order valence-corrected chi connectivity index (χ3v) is 6.83. The molecule has 2 N–H and O–H groups in total. The second-order valence-corrected chi connectivity index (χ2v) is 9.15. The van der Waals surface area contributed by atoms with Crippen molar-refractivity contribution >= 4 is 12.0 Å². The van der Waals surface area contributed by atoms with Crippen LogP contribution in [0.2, 0.25) is 0 Å². The average molecular weight is 462 g/mol. The highest BCUT2D eigenvalue weighted by molar-refractivity contribution is 5.95. The maximum atomic E-state index is 13.0. The smallest absolute Gasteiger partial charge is 0.338 e. The van der Waals surface area contributed by atoms with Gasteiger partial charge < -0.3 is 15.4 Å². The van der Waals surface area contributed by atoms with Crippen molar-refractivity contribution in [1.29, 1.82) is 0 Å². The zero-order chi connectivity index (χ0) is 23.9. The summed E-state index contributed by atoms with van der Waals surface area (Å²) < 4.78 is 5.41. The molecule has 6 nitrogen and oxygen atoms in total. The minimum atomic E-state index is -0.524. The van der Waals surface area contributed by atoms with Crippen LogP contribution in [-0.4, -0.2) is 43.1 Å². The van der Waals surface area contributed by atoms with Crippen LogP contribution in [0, 0.1) is 5.92 Å². The van der Waals surface area contributed by atoms with Crippen LogP contribution in [0.3, 0.4) is 0 Å². The number of carbonyl (C=O) groups is 2. The predicted octanol–water partition coefficient (Wildman–Crippen LogP) is 4.37. The molecule has 2 amide bonds. The minimum Gasteiger partial charge on any atom is -0.463 e. The molecule has 4 rings (SSSR count). The third-order valence-electron chi connectivity index (χ3n) is 6.83. The number of esters is 1. The van der Waals surface area contributed by atoms with E-state index in [4.69, 9.17) is 4.74 Å². The van der Waals surface area contributed by atoms with Crippen molar-refractivity contribution in [3.63, 3.8) is 0 Å². The van der Waals surface area contributed by atoms with Crippen molar-refractivity contribution in [3.8, 4) is 0 Å². The lowest BCUT2D eigenvalue weighted by molar-refractivity contribution is -0.139. The molecule has 0 radical (unpaired) electrons. The Hall–Kier alpha value is -3.12. The number of nitrogens with one attached hydrogen (secondary N) is 2. The van der Waals surface area contributed by atoms with Crippen molar-refractivity contribution in [3.05, 3.63) is 82.6 Å². The SMILES string of the molecule is CCOC(=O)C1=C(CN2CCC(Cc3ccccc3)CC2)NC(=O)N[C@@H]1c1ccc(CC)cc1. The van der Waals surface area contributed by atoms with Gasteiger partial charge in [0, 0.05) is 12.2 Å². The summed E-state index contributed by atoms with van der Waals surface area (Å²) in [6, 6.07) is 17.9. The fraction of sp³-hybridized carbons (Fsp3) is 0.429. The van der Waals surface area contributed by atoms with Gasteiger partial charge in [-0.3, -0.25) is 4.90 Å². The summed E-state index contributed by atoms with van der Waals surface area (Å²) in [6.07, 6.45) is 4.24. The number of hydrogen-bond donors (Lipinski definition) is 2. The van der Waals surface area contributed by atoms with Crippen molar-refractivity contribution in [1.82, 2.24) is 15.5 Å². The first kappa shape index (κ1) is 24.0. The van der Waals surface area contributed by atoms with E-state index in [-0.39, 0.29) is 18.6 Å². The average Bonchev–Trinajstić information content (AvgIpc) is 2.86. The molecule has 1 fully saturated rings. The monoisotopic (exact) mass is 461 g/mol. The van der Waals surface area contributed by atoms with Crippen molar-refractivity contribution in [2.75, 3.05) is 26.2 Å². The lowest BCUT2D eigenvalue weighted by atomic mass is 9.89. The zero-order valence-corrected chi connectivity index (χ0v) is 20.2. The van der Waals surface area contributed by atoms with E-state index in [0.717, 1.165) is 44.3 Å². The molecule has 6 heteroatoms. The highest BCUT2D eigenvalue weighted by Gasteiger charge is 2.34. The highest BCUT2D eigenvalue weighted by atomic mass is 16.5. The van der Waals surface area contributed by atoms with Crippen molar-refractivity contribution < 1.29 is 14.3 Å². The van der Waals surface area contributed by atoms with E-state index in [1.165, 1.54) is 11.1 Å². The molecule has 0 spiro atoms. The predicted molar refractivity (Wildman–Crippen MR) is 133 cm³/mol. The van der Waals surface area contributed by atoms with E-state index in [1.54, 1.807) is 6.92 Å². The summed E-state index contributed by atoms with van der Waals surface area (Å²) >= 11 is 0. The van der Waals surface area contributed by atoms with Gasteiger partial charge in [0.15, 0.2) is 0 Å². The Morgan fingerprint density at radius 1 is 1.00 bits per heavy atom. The van der Waals surface area contributed by atoms with Gasteiger partial charge in [0.25, 0.3) is 0 Å². The van der Waals surface area contributed by atoms with Crippen molar-refractivity contribution in [2.45, 2.75) is 45.6 Å². The van der Waals surface area contributed by atoms with Crippen LogP contribution >= 0.6 is 0 Å². The molecular weight excluding hydrogens is 426 g/mol. The first-order valence-electron chi connectivity index (χ1n) is 12.4. The fourth-order valence-electron chi connectivity index (χ4n) is 4.91. The topological polar surface area (TPSA) is 70.7 Å². The molecule has 2 aromatic rings. The van der Waals surface area contributed by atoms with Crippen LogP contribution in [0.25, 0.3) is 0 Å². The number of urea groups is 1. The normalized spacial score (nSPS) is 19.5. The van der Waals surface area contributed by atoms with E-state index >= 15 is 0 Å². The van der Waals surface area contributed by atoms with Gasteiger partial charge in [-0.15, -0.1) is 0 Å². The molecule has 0 aromatic heterocycles. The number of carbonyl (C=O) groups excluding carboxylic acids is 2. The second kappa shape index (κ2) is 11.3. The molecule has 1 saturated heterocycles. The summed E-state index contributed by atoms with van der Waals surface area (Å²) in [5.74, 6) is 0.276. The number of benzene rings is 2. The lowest BCUT2D eigenvalue weighted by Gasteiger charge is -2.35. The van der Waals surface area contributed by atoms with E-state index in [9.17, 15) is 9.59 Å². The van der Waals surface area contributed by atoms with Gasteiger partial charge in [-0.25, -0.2) is 9.59 Å². The van der Waals surface area contributed by atoms with Gasteiger partial charge in [0.2, 0.25) is 0 Å². The van der Waals surface area contributed by atoms with E-state index in [1.807, 2.05) is 24.3 Å². The molecule has 0 bridgehead atoms. The Morgan fingerprint density at radius 3 is 2.35 bits per heavy atom. The molecule has 1 atom stereocenters. The maximum absolute atomic E-state index is 13.0. The van der Waals surface area contributed by atoms with Crippen LogP contribution in [0.15, 0.2) is 65.9 Å². The molecule has 0 aliphatic carbocycles. The summed E-state index contributed by atoms with van der Waals surface area (Å²) in [6.45, 7) is 6.60. The largest absolute Gasteiger partial charge is 0.463 e. The van der Waals surface area contributed by atoms with Crippen LogP contribution < -0.4 is 10.6 Å². The first-order chi connectivity index (χ1) is 16.6. The number of amides is 2. The summed E-state index contributed by atoms with van der Waals surface area (Å²) in [5.41, 5.74) is 4.62. The van der Waals surface area contributed by atoms with E-state index in [0.29, 0.717) is 23.7 Å². The second-order valence-electron chi connectivity index (χ2n) is 9.15. The Bertz CT molecular complexity index is 1010. The van der Waals surface area contributed by atoms with E-state index in [2.05, 4.69) is 52.8 Å². The van der Waals surface area contributed by atoms with Gasteiger partial charge in [0.1, 0.15) is 0 Å². The number of aryl methyl sites for hydroxylation is 1. The summed E-state index contributed by atoms with van der Waals surface area (Å²) in [7, 11) is 0. The van der Waals surface area contributed by atoms with Crippen LogP contribution in [-0.2, 0) is 22.4 Å². The Kier molecular flexibility index (Phi) is 8.01. The highest BCUT2D eigenvalue weighted by Crippen LogP contribution is 2.29. The number of ether oxygens (including phenoxy) is 1. The number of rotatable bonds is 8. The first-order valence-corrected chi connectivity index (χ1v) is 12.4. The zero-order valence-electron chi connectivity index (χ0n) is 20.2. The van der Waals surface area contributed by atoms with Gasteiger partial charge in [-0.1, -0.05) is 61.5 Å². The molecule has 0 saturated carbocycles. The molecule has 2 aliphatic heterocycles. The number of hydrogen-bond acceptors (Lipinski definition) is 4. The molecule has 2 aliphatic rings. The number of likely N-dealkylation sites (tertiary alicyclic amines) is 1. The van der Waals surface area contributed by atoms with Gasteiger partial charge in [-0.05, 0) is 68.3 Å².